The van der Waals surface area contributed by atoms with Gasteiger partial charge in [0.25, 0.3) is 0 Å². The van der Waals surface area contributed by atoms with Crippen molar-refractivity contribution in [2.24, 2.45) is 23.1 Å². The molecule has 0 spiro atoms. The summed E-state index contributed by atoms with van der Waals surface area (Å²) in [6.45, 7) is 4.10. The Bertz CT molecular complexity index is 1180. The number of nitrogens with one attached hydrogen (secondary N) is 4. The van der Waals surface area contributed by atoms with Crippen molar-refractivity contribution in [2.75, 3.05) is 6.54 Å². The van der Waals surface area contributed by atoms with Crippen molar-refractivity contribution in [3.8, 4) is 0 Å². The number of para-hydroxylation sites is 1. The molecule has 1 aromatic heterocycles. The molecule has 2 rings (SSSR count). The Morgan fingerprint density at radius 1 is 0.925 bits per heavy atom. The fraction of sp³-hybridized carbons (Fsp3) is 0.519. The number of hydrogen-bond donors (Lipinski definition) is 8. The number of fused-ring (bicyclic) bond motifs is 1. The number of nitrogens with two attached hydrogens (primary N) is 3. The van der Waals surface area contributed by atoms with Crippen LogP contribution in [-0.2, 0) is 30.4 Å². The number of benzene rings is 1. The van der Waals surface area contributed by atoms with Gasteiger partial charge in [0.1, 0.15) is 18.1 Å². The minimum Gasteiger partial charge on any atom is -0.480 e. The lowest BCUT2D eigenvalue weighted by Crippen LogP contribution is -2.58. The van der Waals surface area contributed by atoms with Crippen molar-refractivity contribution < 1.29 is 29.1 Å². The average molecular weight is 560 g/mol. The molecule has 0 aliphatic rings. The van der Waals surface area contributed by atoms with Crippen LogP contribution >= 0.6 is 0 Å². The van der Waals surface area contributed by atoms with Crippen LogP contribution < -0.4 is 33.2 Å². The van der Waals surface area contributed by atoms with Gasteiger partial charge in [-0.2, -0.15) is 0 Å². The largest absolute Gasteiger partial charge is 0.480 e. The van der Waals surface area contributed by atoms with Crippen LogP contribution in [0.3, 0.4) is 0 Å². The number of carbonyl (C=O) groups excluding carboxylic acids is 4. The van der Waals surface area contributed by atoms with E-state index < -0.39 is 60.2 Å². The number of aromatic nitrogens is 1. The van der Waals surface area contributed by atoms with Gasteiger partial charge in [0.2, 0.25) is 23.6 Å². The van der Waals surface area contributed by atoms with Gasteiger partial charge in [-0.15, -0.1) is 0 Å². The first-order valence-electron chi connectivity index (χ1n) is 13.4. The highest BCUT2D eigenvalue weighted by Gasteiger charge is 2.31. The number of unbranched alkanes of at least 4 members (excludes halogenated alkanes) is 1. The summed E-state index contributed by atoms with van der Waals surface area (Å²) in [5.74, 6) is -4.05. The van der Waals surface area contributed by atoms with Crippen molar-refractivity contribution in [1.29, 1.82) is 0 Å². The minimum atomic E-state index is -1.24. The fourth-order valence-electron chi connectivity index (χ4n) is 4.32. The van der Waals surface area contributed by atoms with Gasteiger partial charge in [-0.25, -0.2) is 4.79 Å². The summed E-state index contributed by atoms with van der Waals surface area (Å²) in [5, 5.41) is 18.3. The topological polar surface area (TPSA) is 236 Å². The lowest BCUT2D eigenvalue weighted by molar-refractivity contribution is -0.142. The van der Waals surface area contributed by atoms with Crippen LogP contribution in [0.5, 0.6) is 0 Å². The van der Waals surface area contributed by atoms with Gasteiger partial charge in [-0.1, -0.05) is 32.0 Å². The summed E-state index contributed by atoms with van der Waals surface area (Å²) in [5.41, 5.74) is 18.0. The second kappa shape index (κ2) is 15.6. The summed E-state index contributed by atoms with van der Waals surface area (Å²) in [4.78, 5) is 65.5. The summed E-state index contributed by atoms with van der Waals surface area (Å²) < 4.78 is 0. The maximum Gasteiger partial charge on any atom is 0.326 e. The molecule has 0 saturated carbocycles. The van der Waals surface area contributed by atoms with Gasteiger partial charge >= 0.3 is 5.97 Å². The van der Waals surface area contributed by atoms with E-state index in [1.807, 2.05) is 38.1 Å². The molecule has 1 aromatic carbocycles. The number of aliphatic carboxylic acids is 1. The Balaban J connectivity index is 2.30. The Hall–Kier alpha value is -3.97. The molecule has 0 aliphatic heterocycles. The van der Waals surface area contributed by atoms with Crippen LogP contribution in [0, 0.1) is 5.92 Å². The Morgan fingerprint density at radius 3 is 2.17 bits per heavy atom. The van der Waals surface area contributed by atoms with Crippen LogP contribution in [-0.4, -0.2) is 70.4 Å². The zero-order valence-electron chi connectivity index (χ0n) is 22.9. The first-order valence-corrected chi connectivity index (χ1v) is 13.4. The summed E-state index contributed by atoms with van der Waals surface area (Å²) in [6, 6.07) is 2.80. The third-order valence-corrected chi connectivity index (χ3v) is 6.39. The van der Waals surface area contributed by atoms with Crippen LogP contribution in [0.2, 0.25) is 0 Å². The third kappa shape index (κ3) is 9.97. The Labute approximate surface area is 233 Å². The van der Waals surface area contributed by atoms with Crippen molar-refractivity contribution >= 4 is 40.5 Å². The normalized spacial score (nSPS) is 14.2. The first-order chi connectivity index (χ1) is 18.9. The summed E-state index contributed by atoms with van der Waals surface area (Å²) in [6.07, 6.45) is 2.89. The summed E-state index contributed by atoms with van der Waals surface area (Å²) in [7, 11) is 0. The molecule has 1 heterocycles. The molecule has 0 bridgehead atoms. The number of carboxylic acids is 1. The molecule has 4 unspecified atom stereocenters. The molecule has 11 N–H and O–H groups in total. The van der Waals surface area contributed by atoms with Crippen molar-refractivity contribution in [2.45, 2.75) is 76.5 Å². The number of hydrogen-bond acceptors (Lipinski definition) is 7. The quantitative estimate of drug-likeness (QED) is 0.119. The zero-order valence-corrected chi connectivity index (χ0v) is 22.9. The number of carboxylic acid groups (broad SMARTS) is 1. The van der Waals surface area contributed by atoms with Crippen LogP contribution in [0.4, 0.5) is 0 Å². The van der Waals surface area contributed by atoms with Crippen LogP contribution in [0.1, 0.15) is 51.5 Å². The molecule has 40 heavy (non-hydrogen) atoms. The molecular weight excluding hydrogens is 518 g/mol. The molecule has 0 fully saturated rings. The SMILES string of the molecule is CC(C)CC(NC(=O)C(N)CC(N)=O)C(=O)NC(Cc1c[nH]c2ccccc12)C(=O)NC(CCCCN)C(=O)O. The predicted molar refractivity (Wildman–Crippen MR) is 150 cm³/mol. The monoisotopic (exact) mass is 559 g/mol. The molecule has 4 atom stereocenters. The lowest BCUT2D eigenvalue weighted by atomic mass is 10.00. The van der Waals surface area contributed by atoms with Crippen molar-refractivity contribution in [1.82, 2.24) is 20.9 Å². The Morgan fingerprint density at radius 2 is 1.55 bits per heavy atom. The van der Waals surface area contributed by atoms with E-state index in [0.29, 0.717) is 19.4 Å². The van der Waals surface area contributed by atoms with Gasteiger partial charge in [-0.05, 0) is 49.8 Å². The van der Waals surface area contributed by atoms with Gasteiger partial charge < -0.3 is 43.2 Å². The highest BCUT2D eigenvalue weighted by molar-refractivity contribution is 5.95. The number of aromatic amines is 1. The molecule has 4 amide bonds. The first kappa shape index (κ1) is 32.2. The van der Waals surface area contributed by atoms with E-state index in [2.05, 4.69) is 20.9 Å². The predicted octanol–water partition coefficient (Wildman–Crippen LogP) is -0.373. The second-order valence-corrected chi connectivity index (χ2v) is 10.3. The fourth-order valence-corrected chi connectivity index (χ4v) is 4.32. The molecule has 0 aliphatic carbocycles. The molecule has 13 heteroatoms. The highest BCUT2D eigenvalue weighted by atomic mass is 16.4. The van der Waals surface area contributed by atoms with Crippen molar-refractivity contribution in [3.05, 3.63) is 36.0 Å². The molecule has 0 radical (unpaired) electrons. The maximum atomic E-state index is 13.4. The minimum absolute atomic E-state index is 0.0248. The van der Waals surface area contributed by atoms with Gasteiger partial charge in [0.05, 0.1) is 12.5 Å². The van der Waals surface area contributed by atoms with Crippen LogP contribution in [0.25, 0.3) is 10.9 Å². The highest BCUT2D eigenvalue weighted by Crippen LogP contribution is 2.19. The van der Waals surface area contributed by atoms with E-state index in [1.165, 1.54) is 0 Å². The molecule has 220 valence electrons. The maximum absolute atomic E-state index is 13.4. The molecule has 0 saturated heterocycles. The van der Waals surface area contributed by atoms with E-state index in [-0.39, 0.29) is 25.2 Å². The van der Waals surface area contributed by atoms with Gasteiger partial charge in [0, 0.05) is 23.5 Å². The lowest BCUT2D eigenvalue weighted by Gasteiger charge is -2.26. The number of rotatable bonds is 17. The van der Waals surface area contributed by atoms with E-state index in [9.17, 15) is 29.1 Å². The summed E-state index contributed by atoms with van der Waals surface area (Å²) >= 11 is 0. The number of primary amides is 1. The number of amides is 4. The van der Waals surface area contributed by atoms with Gasteiger partial charge in [0.15, 0.2) is 0 Å². The van der Waals surface area contributed by atoms with Gasteiger partial charge in [-0.3, -0.25) is 19.2 Å². The molecule has 13 nitrogen and oxygen atoms in total. The average Bonchev–Trinajstić information content (AvgIpc) is 3.29. The van der Waals surface area contributed by atoms with E-state index in [4.69, 9.17) is 17.2 Å². The van der Waals surface area contributed by atoms with E-state index in [1.54, 1.807) is 6.20 Å². The smallest absolute Gasteiger partial charge is 0.326 e. The molecule has 2 aromatic rings. The molecular formula is C27H41N7O6. The zero-order chi connectivity index (χ0) is 29.8. The van der Waals surface area contributed by atoms with E-state index >= 15 is 0 Å². The number of H-pyrrole nitrogens is 1. The Kier molecular flexibility index (Phi) is 12.6. The van der Waals surface area contributed by atoms with E-state index in [0.717, 1.165) is 16.5 Å². The third-order valence-electron chi connectivity index (χ3n) is 6.39. The second-order valence-electron chi connectivity index (χ2n) is 10.3. The van der Waals surface area contributed by atoms with Crippen molar-refractivity contribution in [3.63, 3.8) is 0 Å². The standard InChI is InChI=1S/C27H41N7O6/c1-15(2)11-21(33-24(36)18(29)13-23(30)35)25(37)34-22(12-16-14-31-19-8-4-3-7-17(16)19)26(38)32-20(27(39)40)9-5-6-10-28/h3-4,7-8,14-15,18,20-22,31H,5-6,9-13,28-29H2,1-2H3,(H2,30,35)(H,32,38)(H,33,36)(H,34,37)(H,39,40). The van der Waals surface area contributed by atoms with Crippen LogP contribution in [0.15, 0.2) is 30.5 Å². The number of carbonyl (C=O) groups is 5.